The molecule has 1 N–H and O–H groups in total. The third-order valence-electron chi connectivity index (χ3n) is 5.77. The predicted octanol–water partition coefficient (Wildman–Crippen LogP) is 4.44. The average molecular weight is 447 g/mol. The highest BCUT2D eigenvalue weighted by Crippen LogP contribution is 2.37. The molecule has 33 heavy (non-hydrogen) atoms. The summed E-state index contributed by atoms with van der Waals surface area (Å²) < 4.78 is 16.0. The van der Waals surface area contributed by atoms with Crippen LogP contribution < -0.4 is 19.5 Å². The van der Waals surface area contributed by atoms with Gasteiger partial charge in [-0.2, -0.15) is 0 Å². The van der Waals surface area contributed by atoms with Crippen LogP contribution in [-0.2, 0) is 11.3 Å². The number of hydrogen-bond acceptors (Lipinski definition) is 5. The first-order chi connectivity index (χ1) is 16.0. The molecular weight excluding hydrogens is 420 g/mol. The van der Waals surface area contributed by atoms with Gasteiger partial charge in [0.1, 0.15) is 5.75 Å². The lowest BCUT2D eigenvalue weighted by Gasteiger charge is -2.28. The van der Waals surface area contributed by atoms with E-state index >= 15 is 0 Å². The van der Waals surface area contributed by atoms with Crippen molar-refractivity contribution in [3.63, 3.8) is 0 Å². The van der Waals surface area contributed by atoms with E-state index in [0.717, 1.165) is 11.1 Å². The van der Waals surface area contributed by atoms with Crippen LogP contribution in [0.1, 0.15) is 33.9 Å². The summed E-state index contributed by atoms with van der Waals surface area (Å²) in [5.74, 6) is 1.53. The molecule has 1 aliphatic heterocycles. The lowest BCUT2D eigenvalue weighted by molar-refractivity contribution is -0.117. The summed E-state index contributed by atoms with van der Waals surface area (Å²) in [6.45, 7) is 0.434. The quantitative estimate of drug-likeness (QED) is 0.554. The van der Waals surface area contributed by atoms with Gasteiger partial charge in [-0.1, -0.05) is 24.3 Å². The third kappa shape index (κ3) is 4.62. The second kappa shape index (κ2) is 9.65. The smallest absolute Gasteiger partial charge is 0.255 e. The van der Waals surface area contributed by atoms with E-state index in [-0.39, 0.29) is 18.2 Å². The van der Waals surface area contributed by atoms with Crippen LogP contribution in [0.25, 0.3) is 0 Å². The number of nitrogens with zero attached hydrogens (tertiary/aromatic N) is 1. The molecule has 170 valence electrons. The van der Waals surface area contributed by atoms with Crippen molar-refractivity contribution in [1.82, 2.24) is 4.90 Å². The standard InChI is InChI=1S/C26H26N2O5/c1-31-20-11-9-19(10-12-20)27-25(29)15-22(17-8-13-23(32-2)24(14-17)33-3)28-16-18-6-4-5-7-21(18)26(28)30/h4-14,22H,15-16H2,1-3H3,(H,27,29)/t22-/m0/s1. The zero-order valence-electron chi connectivity index (χ0n) is 18.8. The Bertz CT molecular complexity index is 1160. The SMILES string of the molecule is COc1ccc(NC(=O)C[C@@H](c2ccc(OC)c(OC)c2)N2Cc3ccccc3C2=O)cc1. The molecule has 0 fully saturated rings. The van der Waals surface area contributed by atoms with Crippen molar-refractivity contribution in [3.05, 3.63) is 83.4 Å². The molecule has 1 aliphatic rings. The van der Waals surface area contributed by atoms with Crippen LogP contribution in [0, 0.1) is 0 Å². The fourth-order valence-electron chi connectivity index (χ4n) is 4.06. The summed E-state index contributed by atoms with van der Waals surface area (Å²) in [5.41, 5.74) is 3.06. The Morgan fingerprint density at radius 2 is 1.67 bits per heavy atom. The summed E-state index contributed by atoms with van der Waals surface area (Å²) in [6, 6.07) is 19.6. The first-order valence-electron chi connectivity index (χ1n) is 10.6. The molecular formula is C26H26N2O5. The van der Waals surface area contributed by atoms with E-state index in [1.165, 1.54) is 0 Å². The van der Waals surface area contributed by atoms with E-state index in [1.807, 2.05) is 36.4 Å². The molecule has 0 saturated carbocycles. The lowest BCUT2D eigenvalue weighted by atomic mass is 10.0. The van der Waals surface area contributed by atoms with Gasteiger partial charge in [-0.05, 0) is 53.6 Å². The number of fused-ring (bicyclic) bond motifs is 1. The normalized spacial score (nSPS) is 13.3. The van der Waals surface area contributed by atoms with Crippen LogP contribution in [0.15, 0.2) is 66.7 Å². The number of carbonyl (C=O) groups excluding carboxylic acids is 2. The molecule has 1 atom stereocenters. The summed E-state index contributed by atoms with van der Waals surface area (Å²) in [4.78, 5) is 28.0. The van der Waals surface area contributed by atoms with Crippen molar-refractivity contribution in [2.75, 3.05) is 26.6 Å². The van der Waals surface area contributed by atoms with Crippen LogP contribution in [0.4, 0.5) is 5.69 Å². The van der Waals surface area contributed by atoms with E-state index in [4.69, 9.17) is 14.2 Å². The number of carbonyl (C=O) groups is 2. The Hall–Kier alpha value is -4.00. The van der Waals surface area contributed by atoms with E-state index in [2.05, 4.69) is 5.32 Å². The maximum Gasteiger partial charge on any atom is 0.255 e. The Kier molecular flexibility index (Phi) is 6.49. The number of nitrogens with one attached hydrogen (secondary N) is 1. The second-order valence-electron chi connectivity index (χ2n) is 7.70. The molecule has 0 aliphatic carbocycles. The number of benzene rings is 3. The van der Waals surface area contributed by atoms with Gasteiger partial charge in [0.25, 0.3) is 5.91 Å². The van der Waals surface area contributed by atoms with Crippen molar-refractivity contribution in [3.8, 4) is 17.2 Å². The highest BCUT2D eigenvalue weighted by Gasteiger charge is 2.34. The monoisotopic (exact) mass is 446 g/mol. The van der Waals surface area contributed by atoms with Gasteiger partial charge in [0.2, 0.25) is 5.91 Å². The molecule has 7 heteroatoms. The summed E-state index contributed by atoms with van der Waals surface area (Å²) >= 11 is 0. The lowest BCUT2D eigenvalue weighted by Crippen LogP contribution is -2.32. The first kappa shape index (κ1) is 22.2. The number of hydrogen-bond donors (Lipinski definition) is 1. The molecule has 0 unspecified atom stereocenters. The molecule has 1 heterocycles. The van der Waals surface area contributed by atoms with Gasteiger partial charge >= 0.3 is 0 Å². The van der Waals surface area contributed by atoms with Crippen LogP contribution in [0.2, 0.25) is 0 Å². The maximum atomic E-state index is 13.2. The van der Waals surface area contributed by atoms with Gasteiger partial charge in [0.15, 0.2) is 11.5 Å². The summed E-state index contributed by atoms with van der Waals surface area (Å²) in [5, 5.41) is 2.92. The highest BCUT2D eigenvalue weighted by atomic mass is 16.5. The summed E-state index contributed by atoms with van der Waals surface area (Å²) in [7, 11) is 4.72. The van der Waals surface area contributed by atoms with Gasteiger partial charge in [-0.25, -0.2) is 0 Å². The van der Waals surface area contributed by atoms with Crippen molar-refractivity contribution < 1.29 is 23.8 Å². The van der Waals surface area contributed by atoms with Gasteiger partial charge < -0.3 is 24.4 Å². The molecule has 0 radical (unpaired) electrons. The number of anilines is 1. The second-order valence-corrected chi connectivity index (χ2v) is 7.70. The van der Waals surface area contributed by atoms with Gasteiger partial charge in [0, 0.05) is 17.8 Å². The molecule has 2 amide bonds. The molecule has 4 rings (SSSR count). The van der Waals surface area contributed by atoms with E-state index in [1.54, 1.807) is 56.6 Å². The van der Waals surface area contributed by atoms with Crippen molar-refractivity contribution in [1.29, 1.82) is 0 Å². The Morgan fingerprint density at radius 3 is 2.33 bits per heavy atom. The zero-order chi connectivity index (χ0) is 23.4. The van der Waals surface area contributed by atoms with Crippen molar-refractivity contribution in [2.24, 2.45) is 0 Å². The minimum Gasteiger partial charge on any atom is -0.497 e. The molecule has 0 aromatic heterocycles. The topological polar surface area (TPSA) is 77.1 Å². The van der Waals surface area contributed by atoms with Gasteiger partial charge in [0.05, 0.1) is 33.8 Å². The number of rotatable bonds is 8. The average Bonchev–Trinajstić information content (AvgIpc) is 3.18. The van der Waals surface area contributed by atoms with E-state index in [9.17, 15) is 9.59 Å². The Labute approximate surface area is 192 Å². The zero-order valence-corrected chi connectivity index (χ0v) is 18.8. The molecule has 3 aromatic carbocycles. The predicted molar refractivity (Wildman–Crippen MR) is 125 cm³/mol. The Morgan fingerprint density at radius 1 is 0.939 bits per heavy atom. The van der Waals surface area contributed by atoms with Crippen LogP contribution >= 0.6 is 0 Å². The number of ether oxygens (including phenoxy) is 3. The largest absolute Gasteiger partial charge is 0.497 e. The summed E-state index contributed by atoms with van der Waals surface area (Å²) in [6.07, 6.45) is 0.0846. The van der Waals surface area contributed by atoms with Crippen LogP contribution in [-0.4, -0.2) is 38.0 Å². The molecule has 7 nitrogen and oxygen atoms in total. The van der Waals surface area contributed by atoms with Gasteiger partial charge in [-0.3, -0.25) is 9.59 Å². The molecule has 0 spiro atoms. The fourth-order valence-corrected chi connectivity index (χ4v) is 4.06. The first-order valence-corrected chi connectivity index (χ1v) is 10.6. The van der Waals surface area contributed by atoms with Crippen LogP contribution in [0.3, 0.4) is 0 Å². The third-order valence-corrected chi connectivity index (χ3v) is 5.77. The minimum atomic E-state index is -0.483. The van der Waals surface area contributed by atoms with Crippen molar-refractivity contribution >= 4 is 17.5 Å². The maximum absolute atomic E-state index is 13.2. The van der Waals surface area contributed by atoms with E-state index < -0.39 is 6.04 Å². The van der Waals surface area contributed by atoms with Crippen LogP contribution in [0.5, 0.6) is 17.2 Å². The van der Waals surface area contributed by atoms with Crippen molar-refractivity contribution in [2.45, 2.75) is 19.0 Å². The van der Waals surface area contributed by atoms with E-state index in [0.29, 0.717) is 35.0 Å². The van der Waals surface area contributed by atoms with Gasteiger partial charge in [-0.15, -0.1) is 0 Å². The molecule has 0 bridgehead atoms. The number of methoxy groups -OCH3 is 3. The number of amides is 2. The molecule has 3 aromatic rings. The Balaban J connectivity index is 1.63. The fraction of sp³-hybridized carbons (Fsp3) is 0.231. The highest BCUT2D eigenvalue weighted by molar-refractivity contribution is 5.99. The minimum absolute atomic E-state index is 0.0846. The molecule has 0 saturated heterocycles.